The first-order chi connectivity index (χ1) is 13.2. The number of fused-ring (bicyclic) bond motifs is 1. The minimum atomic E-state index is 0.527. The fourth-order valence-corrected chi connectivity index (χ4v) is 2.98. The van der Waals surface area contributed by atoms with Crippen LogP contribution in [0.15, 0.2) is 66.7 Å². The van der Waals surface area contributed by atoms with Gasteiger partial charge in [-0.3, -0.25) is 4.79 Å². The predicted molar refractivity (Wildman–Crippen MR) is 111 cm³/mol. The molecule has 3 heteroatoms. The van der Waals surface area contributed by atoms with Gasteiger partial charge in [0, 0.05) is 12.0 Å². The van der Waals surface area contributed by atoms with Crippen LogP contribution in [0.2, 0.25) is 0 Å². The Morgan fingerprint density at radius 3 is 2.52 bits per heavy atom. The molecule has 0 aliphatic rings. The summed E-state index contributed by atoms with van der Waals surface area (Å²) in [4.78, 5) is 10.9. The molecule has 138 valence electrons. The zero-order chi connectivity index (χ0) is 19.1. The van der Waals surface area contributed by atoms with Crippen LogP contribution in [0.5, 0.6) is 11.5 Å². The molecular formula is C24H24O3. The molecule has 3 rings (SSSR count). The van der Waals surface area contributed by atoms with Gasteiger partial charge in [0.15, 0.2) is 11.5 Å². The van der Waals surface area contributed by atoms with E-state index in [0.29, 0.717) is 30.3 Å². The zero-order valence-electron chi connectivity index (χ0n) is 15.8. The number of hydrogen-bond donors (Lipinski definition) is 0. The number of carbonyl (C=O) groups excluding carboxylic acids is 1. The molecule has 0 radical (unpaired) electrons. The Hall–Kier alpha value is -3.07. The van der Waals surface area contributed by atoms with E-state index in [1.54, 1.807) is 18.2 Å². The average Bonchev–Trinajstić information content (AvgIpc) is 2.71. The molecule has 27 heavy (non-hydrogen) atoms. The van der Waals surface area contributed by atoms with Crippen LogP contribution in [-0.2, 0) is 0 Å². The van der Waals surface area contributed by atoms with Gasteiger partial charge in [0.05, 0.1) is 13.2 Å². The highest BCUT2D eigenvalue weighted by Crippen LogP contribution is 2.28. The number of allylic oxidation sites excluding steroid dienone is 1. The highest BCUT2D eigenvalue weighted by atomic mass is 16.5. The molecule has 0 aliphatic carbocycles. The van der Waals surface area contributed by atoms with E-state index in [0.717, 1.165) is 12.7 Å². The number of carbonyl (C=O) groups is 1. The molecule has 0 saturated carbocycles. The van der Waals surface area contributed by atoms with Gasteiger partial charge in [-0.05, 0) is 60.0 Å². The molecule has 0 spiro atoms. The van der Waals surface area contributed by atoms with Gasteiger partial charge >= 0.3 is 0 Å². The maximum absolute atomic E-state index is 10.9. The van der Waals surface area contributed by atoms with Crippen molar-refractivity contribution in [2.75, 3.05) is 13.2 Å². The Bertz CT molecular complexity index is 957. The maximum atomic E-state index is 10.9. The largest absolute Gasteiger partial charge is 0.490 e. The van der Waals surface area contributed by atoms with Crippen molar-refractivity contribution in [2.24, 2.45) is 0 Å². The van der Waals surface area contributed by atoms with Crippen LogP contribution < -0.4 is 9.47 Å². The zero-order valence-corrected chi connectivity index (χ0v) is 15.8. The highest BCUT2D eigenvalue weighted by molar-refractivity contribution is 5.86. The van der Waals surface area contributed by atoms with Gasteiger partial charge in [-0.25, -0.2) is 0 Å². The number of benzene rings is 3. The Morgan fingerprint density at radius 2 is 1.74 bits per heavy atom. The van der Waals surface area contributed by atoms with Crippen molar-refractivity contribution in [1.29, 1.82) is 0 Å². The molecule has 3 nitrogen and oxygen atoms in total. The lowest BCUT2D eigenvalue weighted by Crippen LogP contribution is -2.01. The lowest BCUT2D eigenvalue weighted by atomic mass is 10.0. The first-order valence-corrected chi connectivity index (χ1v) is 9.22. The van der Waals surface area contributed by atoms with E-state index in [4.69, 9.17) is 9.47 Å². The molecule has 0 aromatic heterocycles. The number of ether oxygens (including phenoxy) is 2. The minimum absolute atomic E-state index is 0.527. The van der Waals surface area contributed by atoms with Crippen LogP contribution in [0, 0.1) is 0 Å². The summed E-state index contributed by atoms with van der Waals surface area (Å²) in [7, 11) is 0. The normalized spacial score (nSPS) is 11.4. The number of aldehydes is 1. The average molecular weight is 360 g/mol. The summed E-state index contributed by atoms with van der Waals surface area (Å²) in [5.41, 5.74) is 3.03. The third-order valence-corrected chi connectivity index (χ3v) is 4.43. The van der Waals surface area contributed by atoms with Crippen molar-refractivity contribution < 1.29 is 14.3 Å². The van der Waals surface area contributed by atoms with E-state index >= 15 is 0 Å². The SMILES string of the molecule is CCOc1cc(C=O)ccc1OCC/C=C(\C)c1ccc2ccccc2c1. The van der Waals surface area contributed by atoms with E-state index in [1.165, 1.54) is 21.9 Å². The second-order valence-electron chi connectivity index (χ2n) is 6.34. The molecule has 0 unspecified atom stereocenters. The standard InChI is InChI=1S/C24H24O3/c1-3-26-24-15-19(17-25)10-13-23(24)27-14-6-7-18(2)21-12-11-20-8-4-5-9-22(20)16-21/h4-5,7-13,15-17H,3,6,14H2,1-2H3/b18-7+. The molecule has 0 atom stereocenters. The second kappa shape index (κ2) is 9.04. The Balaban J connectivity index is 1.63. The van der Waals surface area contributed by atoms with E-state index in [2.05, 4.69) is 55.5 Å². The van der Waals surface area contributed by atoms with Gasteiger partial charge in [0.2, 0.25) is 0 Å². The van der Waals surface area contributed by atoms with Crippen LogP contribution in [0.3, 0.4) is 0 Å². The third-order valence-electron chi connectivity index (χ3n) is 4.43. The molecule has 3 aromatic rings. The van der Waals surface area contributed by atoms with Crippen molar-refractivity contribution in [3.8, 4) is 11.5 Å². The summed E-state index contributed by atoms with van der Waals surface area (Å²) in [6.45, 7) is 5.10. The van der Waals surface area contributed by atoms with E-state index in [9.17, 15) is 4.79 Å². The first kappa shape index (κ1) is 18.7. The summed E-state index contributed by atoms with van der Waals surface area (Å²) in [6, 6.07) is 20.1. The van der Waals surface area contributed by atoms with Crippen LogP contribution in [0.1, 0.15) is 36.2 Å². The molecule has 0 fully saturated rings. The minimum Gasteiger partial charge on any atom is -0.490 e. The molecule has 0 heterocycles. The van der Waals surface area contributed by atoms with Crippen LogP contribution in [0.4, 0.5) is 0 Å². The fraction of sp³-hybridized carbons (Fsp3) is 0.208. The van der Waals surface area contributed by atoms with Crippen molar-refractivity contribution in [1.82, 2.24) is 0 Å². The van der Waals surface area contributed by atoms with Crippen molar-refractivity contribution in [2.45, 2.75) is 20.3 Å². The topological polar surface area (TPSA) is 35.5 Å². The molecule has 0 aliphatic heterocycles. The Kier molecular flexibility index (Phi) is 6.26. The predicted octanol–water partition coefficient (Wildman–Crippen LogP) is 5.92. The van der Waals surface area contributed by atoms with Gasteiger partial charge in [-0.2, -0.15) is 0 Å². The van der Waals surface area contributed by atoms with E-state index in [-0.39, 0.29) is 0 Å². The van der Waals surface area contributed by atoms with E-state index < -0.39 is 0 Å². The summed E-state index contributed by atoms with van der Waals surface area (Å²) in [5.74, 6) is 1.27. The lowest BCUT2D eigenvalue weighted by molar-refractivity contribution is 0.112. The van der Waals surface area contributed by atoms with Gasteiger partial charge < -0.3 is 9.47 Å². The van der Waals surface area contributed by atoms with Crippen LogP contribution >= 0.6 is 0 Å². The van der Waals surface area contributed by atoms with Gasteiger partial charge in [0.1, 0.15) is 6.29 Å². The van der Waals surface area contributed by atoms with Crippen molar-refractivity contribution in [3.05, 3.63) is 77.9 Å². The van der Waals surface area contributed by atoms with E-state index in [1.807, 2.05) is 6.92 Å². The van der Waals surface area contributed by atoms with Crippen molar-refractivity contribution in [3.63, 3.8) is 0 Å². The fourth-order valence-electron chi connectivity index (χ4n) is 2.98. The lowest BCUT2D eigenvalue weighted by Gasteiger charge is -2.12. The van der Waals surface area contributed by atoms with Crippen LogP contribution in [-0.4, -0.2) is 19.5 Å². The quantitative estimate of drug-likeness (QED) is 0.369. The molecule has 0 saturated heterocycles. The van der Waals surface area contributed by atoms with Gasteiger partial charge in [0.25, 0.3) is 0 Å². The summed E-state index contributed by atoms with van der Waals surface area (Å²) < 4.78 is 11.4. The van der Waals surface area contributed by atoms with Crippen LogP contribution in [0.25, 0.3) is 16.3 Å². The maximum Gasteiger partial charge on any atom is 0.161 e. The first-order valence-electron chi connectivity index (χ1n) is 9.22. The van der Waals surface area contributed by atoms with Gasteiger partial charge in [-0.15, -0.1) is 0 Å². The summed E-state index contributed by atoms with van der Waals surface area (Å²) in [6.07, 6.45) is 3.78. The Labute approximate surface area is 160 Å². The molecular weight excluding hydrogens is 336 g/mol. The van der Waals surface area contributed by atoms with Crippen molar-refractivity contribution >= 4 is 22.6 Å². The third kappa shape index (κ3) is 4.76. The molecule has 0 N–H and O–H groups in total. The number of hydrogen-bond acceptors (Lipinski definition) is 3. The molecule has 3 aromatic carbocycles. The second-order valence-corrected chi connectivity index (χ2v) is 6.34. The Morgan fingerprint density at radius 1 is 0.926 bits per heavy atom. The smallest absolute Gasteiger partial charge is 0.161 e. The number of rotatable bonds is 8. The van der Waals surface area contributed by atoms with Gasteiger partial charge in [-0.1, -0.05) is 42.5 Å². The molecule has 0 amide bonds. The summed E-state index contributed by atoms with van der Waals surface area (Å²) >= 11 is 0. The molecule has 0 bridgehead atoms. The summed E-state index contributed by atoms with van der Waals surface area (Å²) in [5, 5.41) is 2.50. The monoisotopic (exact) mass is 360 g/mol. The highest BCUT2D eigenvalue weighted by Gasteiger charge is 2.06.